The summed E-state index contributed by atoms with van der Waals surface area (Å²) in [4.78, 5) is 4.41. The smallest absolute Gasteiger partial charge is 0.245 e. The van der Waals surface area contributed by atoms with Crippen LogP contribution in [0.15, 0.2) is 28.8 Å². The van der Waals surface area contributed by atoms with Crippen LogP contribution in [0.25, 0.3) is 11.4 Å². The van der Waals surface area contributed by atoms with Crippen molar-refractivity contribution in [3.63, 3.8) is 0 Å². The number of nitrogens with zero attached hydrogens (tertiary/aromatic N) is 6. The highest BCUT2D eigenvalue weighted by atomic mass is 16.5. The number of benzene rings is 1. The van der Waals surface area contributed by atoms with E-state index in [0.717, 1.165) is 35.7 Å². The van der Waals surface area contributed by atoms with Gasteiger partial charge < -0.3 is 9.84 Å². The van der Waals surface area contributed by atoms with E-state index in [0.29, 0.717) is 24.4 Å². The van der Waals surface area contributed by atoms with Crippen LogP contribution in [0.3, 0.4) is 0 Å². The first kappa shape index (κ1) is 13.6. The Labute approximate surface area is 138 Å². The topological polar surface area (TPSA) is 94.6 Å². The molecule has 8 heteroatoms. The summed E-state index contributed by atoms with van der Waals surface area (Å²) in [5.74, 6) is 2.81. The summed E-state index contributed by atoms with van der Waals surface area (Å²) >= 11 is 0. The minimum atomic E-state index is 0.464. The fourth-order valence-electron chi connectivity index (χ4n) is 2.71. The highest BCUT2D eigenvalue weighted by Gasteiger charge is 2.29. The molecular weight excluding hydrogens is 306 g/mol. The Bertz CT molecular complexity index is 845. The Morgan fingerprint density at radius 1 is 1.12 bits per heavy atom. The molecule has 2 fully saturated rings. The van der Waals surface area contributed by atoms with E-state index in [2.05, 4.69) is 31.0 Å². The van der Waals surface area contributed by atoms with Crippen molar-refractivity contribution in [3.8, 4) is 11.4 Å². The van der Waals surface area contributed by atoms with Crippen LogP contribution in [0.4, 0.5) is 5.69 Å². The minimum absolute atomic E-state index is 0.464. The van der Waals surface area contributed by atoms with Gasteiger partial charge in [-0.3, -0.25) is 0 Å². The van der Waals surface area contributed by atoms with Gasteiger partial charge in [-0.25, -0.2) is 4.68 Å². The van der Waals surface area contributed by atoms with Gasteiger partial charge in [-0.2, -0.15) is 4.98 Å². The predicted molar refractivity (Wildman–Crippen MR) is 85.1 cm³/mol. The molecule has 0 saturated heterocycles. The van der Waals surface area contributed by atoms with Crippen molar-refractivity contribution in [1.82, 2.24) is 30.3 Å². The summed E-state index contributed by atoms with van der Waals surface area (Å²) in [7, 11) is 0. The monoisotopic (exact) mass is 323 g/mol. The molecule has 0 atom stereocenters. The van der Waals surface area contributed by atoms with Crippen molar-refractivity contribution in [1.29, 1.82) is 0 Å². The second-order valence-electron chi connectivity index (χ2n) is 6.43. The molecule has 0 radical (unpaired) electrons. The van der Waals surface area contributed by atoms with Crippen LogP contribution in [0.2, 0.25) is 0 Å². The lowest BCUT2D eigenvalue weighted by atomic mass is 10.2. The molecular formula is C16H17N7O. The van der Waals surface area contributed by atoms with Crippen LogP contribution in [0.5, 0.6) is 0 Å². The molecule has 122 valence electrons. The lowest BCUT2D eigenvalue weighted by molar-refractivity contribution is 0.378. The molecule has 0 amide bonds. The lowest BCUT2D eigenvalue weighted by Crippen LogP contribution is -2.01. The predicted octanol–water partition coefficient (Wildman–Crippen LogP) is 2.55. The summed E-state index contributed by atoms with van der Waals surface area (Å²) < 4.78 is 7.18. The highest BCUT2D eigenvalue weighted by molar-refractivity contribution is 5.59. The third-order valence-electron chi connectivity index (χ3n) is 4.40. The zero-order chi connectivity index (χ0) is 15.9. The molecule has 1 aromatic carbocycles. The molecule has 0 unspecified atom stereocenters. The van der Waals surface area contributed by atoms with E-state index in [9.17, 15) is 0 Å². The maximum absolute atomic E-state index is 5.27. The van der Waals surface area contributed by atoms with Crippen LogP contribution < -0.4 is 5.32 Å². The number of nitrogens with one attached hydrogen (secondary N) is 1. The van der Waals surface area contributed by atoms with E-state index in [-0.39, 0.29) is 0 Å². The van der Waals surface area contributed by atoms with Gasteiger partial charge in [-0.1, -0.05) is 5.16 Å². The first-order valence-corrected chi connectivity index (χ1v) is 8.31. The van der Waals surface area contributed by atoms with E-state index < -0.39 is 0 Å². The summed E-state index contributed by atoms with van der Waals surface area (Å²) in [6.07, 6.45) is 4.66. The Morgan fingerprint density at radius 3 is 2.71 bits per heavy atom. The Hall–Kier alpha value is -2.77. The highest BCUT2D eigenvalue weighted by Crippen LogP contribution is 2.38. The number of aromatic nitrogens is 6. The van der Waals surface area contributed by atoms with Gasteiger partial charge in [0.25, 0.3) is 0 Å². The van der Waals surface area contributed by atoms with Gasteiger partial charge in [0.05, 0.1) is 12.6 Å². The summed E-state index contributed by atoms with van der Waals surface area (Å²) in [5.41, 5.74) is 2.02. The zero-order valence-electron chi connectivity index (χ0n) is 13.1. The molecule has 2 aliphatic rings. The fourth-order valence-corrected chi connectivity index (χ4v) is 2.71. The maximum Gasteiger partial charge on any atom is 0.245 e. The number of hydrogen-bond acceptors (Lipinski definition) is 7. The molecule has 2 saturated carbocycles. The van der Waals surface area contributed by atoms with Crippen LogP contribution in [-0.4, -0.2) is 30.3 Å². The van der Waals surface area contributed by atoms with Crippen molar-refractivity contribution >= 4 is 5.69 Å². The van der Waals surface area contributed by atoms with E-state index in [1.165, 1.54) is 12.8 Å². The first-order valence-electron chi connectivity index (χ1n) is 8.31. The quantitative estimate of drug-likeness (QED) is 0.745. The van der Waals surface area contributed by atoms with Crippen LogP contribution in [-0.2, 0) is 6.54 Å². The maximum atomic E-state index is 5.27. The molecule has 0 spiro atoms. The van der Waals surface area contributed by atoms with E-state index in [1.807, 2.05) is 28.9 Å². The number of tetrazole rings is 1. The van der Waals surface area contributed by atoms with Gasteiger partial charge in [-0.15, -0.1) is 5.10 Å². The van der Waals surface area contributed by atoms with Crippen molar-refractivity contribution in [2.45, 2.75) is 44.2 Å². The second kappa shape index (κ2) is 5.40. The number of hydrogen-bond donors (Lipinski definition) is 1. The average Bonchev–Trinajstić information content (AvgIpc) is 3.55. The van der Waals surface area contributed by atoms with Crippen molar-refractivity contribution < 1.29 is 4.52 Å². The molecule has 3 aromatic rings. The molecule has 1 N–H and O–H groups in total. The van der Waals surface area contributed by atoms with Gasteiger partial charge in [0.1, 0.15) is 0 Å². The van der Waals surface area contributed by atoms with Gasteiger partial charge in [-0.05, 0) is 60.4 Å². The average molecular weight is 323 g/mol. The molecule has 2 aliphatic carbocycles. The Kier molecular flexibility index (Phi) is 3.07. The van der Waals surface area contributed by atoms with E-state index in [4.69, 9.17) is 4.52 Å². The van der Waals surface area contributed by atoms with Crippen molar-refractivity contribution in [3.05, 3.63) is 36.0 Å². The fraction of sp³-hybridized carbons (Fsp3) is 0.438. The molecule has 5 rings (SSSR count). The van der Waals surface area contributed by atoms with Gasteiger partial charge in [0.2, 0.25) is 5.89 Å². The van der Waals surface area contributed by atoms with Gasteiger partial charge in [0.15, 0.2) is 11.6 Å². The summed E-state index contributed by atoms with van der Waals surface area (Å²) in [6.45, 7) is 0.527. The van der Waals surface area contributed by atoms with E-state index >= 15 is 0 Å². The lowest BCUT2D eigenvalue weighted by Gasteiger charge is -2.06. The largest absolute Gasteiger partial charge is 0.376 e. The third-order valence-corrected chi connectivity index (χ3v) is 4.40. The summed E-state index contributed by atoms with van der Waals surface area (Å²) in [5, 5.41) is 19.4. The first-order chi connectivity index (χ1) is 11.9. The third kappa shape index (κ3) is 2.64. The number of anilines is 1. The Morgan fingerprint density at radius 2 is 1.96 bits per heavy atom. The molecule has 0 aliphatic heterocycles. The SMILES string of the molecule is c1cc(-c2nnnn2C2CC2)ccc1NCc1nc(C2CC2)no1. The molecule has 8 nitrogen and oxygen atoms in total. The molecule has 24 heavy (non-hydrogen) atoms. The van der Waals surface area contributed by atoms with Crippen LogP contribution in [0, 0.1) is 0 Å². The zero-order valence-corrected chi connectivity index (χ0v) is 13.1. The second-order valence-corrected chi connectivity index (χ2v) is 6.43. The Balaban J connectivity index is 1.26. The molecule has 0 bridgehead atoms. The molecule has 2 aromatic heterocycles. The molecule has 2 heterocycles. The van der Waals surface area contributed by atoms with Crippen molar-refractivity contribution in [2.75, 3.05) is 5.32 Å². The number of rotatable bonds is 6. The summed E-state index contributed by atoms with van der Waals surface area (Å²) in [6, 6.07) is 8.54. The van der Waals surface area contributed by atoms with Crippen molar-refractivity contribution in [2.24, 2.45) is 0 Å². The van der Waals surface area contributed by atoms with Crippen LogP contribution >= 0.6 is 0 Å². The normalized spacial score (nSPS) is 17.2. The van der Waals surface area contributed by atoms with Gasteiger partial charge >= 0.3 is 0 Å². The van der Waals surface area contributed by atoms with Gasteiger partial charge in [0, 0.05) is 17.2 Å². The van der Waals surface area contributed by atoms with Crippen LogP contribution in [0.1, 0.15) is 49.4 Å². The minimum Gasteiger partial charge on any atom is -0.376 e. The van der Waals surface area contributed by atoms with E-state index in [1.54, 1.807) is 0 Å². The standard InChI is InChI=1S/C16H17N7O/c1-2-10(1)15-18-14(24-20-15)9-17-12-5-3-11(4-6-12)16-19-21-22-23(16)13-7-8-13/h3-6,10,13,17H,1-2,7-9H2.